The summed E-state index contributed by atoms with van der Waals surface area (Å²) in [6.45, 7) is 7.25. The van der Waals surface area contributed by atoms with Gasteiger partial charge in [0.1, 0.15) is 12.1 Å². The van der Waals surface area contributed by atoms with Crippen molar-refractivity contribution in [1.82, 2.24) is 0 Å². The molecule has 3 nitrogen and oxygen atoms in total. The van der Waals surface area contributed by atoms with E-state index in [9.17, 15) is 14.4 Å². The minimum absolute atomic E-state index is 0.0185. The first-order valence-corrected chi connectivity index (χ1v) is 6.52. The summed E-state index contributed by atoms with van der Waals surface area (Å²) < 4.78 is 0. The van der Waals surface area contributed by atoms with Crippen LogP contribution >= 0.6 is 0 Å². The van der Waals surface area contributed by atoms with Crippen molar-refractivity contribution in [2.45, 2.75) is 53.4 Å². The molecule has 3 heteroatoms. The van der Waals surface area contributed by atoms with Gasteiger partial charge in [0.05, 0.1) is 5.41 Å². The molecule has 0 aromatic rings. The molecule has 1 aliphatic carbocycles. The Morgan fingerprint density at radius 1 is 1.39 bits per heavy atom. The van der Waals surface area contributed by atoms with Crippen molar-refractivity contribution in [3.63, 3.8) is 0 Å². The number of carbonyl (C=O) groups excluding carboxylic acids is 3. The van der Waals surface area contributed by atoms with E-state index in [4.69, 9.17) is 0 Å². The van der Waals surface area contributed by atoms with Gasteiger partial charge in [-0.2, -0.15) is 0 Å². The Labute approximate surface area is 109 Å². The summed E-state index contributed by atoms with van der Waals surface area (Å²) in [6, 6.07) is 0. The van der Waals surface area contributed by atoms with Gasteiger partial charge >= 0.3 is 0 Å². The lowest BCUT2D eigenvalue weighted by Crippen LogP contribution is -2.44. The molecule has 1 aliphatic rings. The van der Waals surface area contributed by atoms with Crippen LogP contribution in [0.4, 0.5) is 0 Å². The summed E-state index contributed by atoms with van der Waals surface area (Å²) in [5, 5.41) is 0. The fourth-order valence-electron chi connectivity index (χ4n) is 2.69. The molecule has 0 heterocycles. The molecule has 0 amide bonds. The predicted octanol–water partition coefficient (Wildman–Crippen LogP) is 2.88. The summed E-state index contributed by atoms with van der Waals surface area (Å²) in [7, 11) is 0. The number of hydrogen-bond donors (Lipinski definition) is 0. The second kappa shape index (κ2) is 5.59. The maximum atomic E-state index is 12.5. The Bertz CT molecular complexity index is 402. The maximum absolute atomic E-state index is 12.5. The van der Waals surface area contributed by atoms with E-state index in [1.165, 1.54) is 6.92 Å². The first-order chi connectivity index (χ1) is 8.35. The summed E-state index contributed by atoms with van der Waals surface area (Å²) >= 11 is 0. The van der Waals surface area contributed by atoms with Crippen LogP contribution in [0.15, 0.2) is 11.1 Å². The topological polar surface area (TPSA) is 51.2 Å². The van der Waals surface area contributed by atoms with Gasteiger partial charge in [-0.3, -0.25) is 4.79 Å². The minimum atomic E-state index is -0.976. The van der Waals surface area contributed by atoms with Crippen LogP contribution in [0.25, 0.3) is 0 Å². The Kier molecular flexibility index (Phi) is 4.60. The van der Waals surface area contributed by atoms with Crippen LogP contribution in [0.5, 0.6) is 0 Å². The molecule has 100 valence electrons. The molecule has 0 bridgehead atoms. The molecule has 1 rings (SSSR count). The Balaban J connectivity index is 3.12. The van der Waals surface area contributed by atoms with E-state index < -0.39 is 5.41 Å². The predicted molar refractivity (Wildman–Crippen MR) is 70.2 cm³/mol. The van der Waals surface area contributed by atoms with Gasteiger partial charge < -0.3 is 9.59 Å². The number of allylic oxidation sites excluding steroid dienone is 2. The van der Waals surface area contributed by atoms with Gasteiger partial charge in [-0.25, -0.2) is 0 Å². The minimum Gasteiger partial charge on any atom is -0.302 e. The van der Waals surface area contributed by atoms with E-state index in [-0.39, 0.29) is 17.5 Å². The largest absolute Gasteiger partial charge is 0.302 e. The SMILES string of the molecule is CC(=O)CCC1(C=O)C(=O)C(=C(C)C)CCC1C. The van der Waals surface area contributed by atoms with E-state index in [2.05, 4.69) is 0 Å². The number of ketones is 2. The van der Waals surface area contributed by atoms with Gasteiger partial charge in [-0.15, -0.1) is 0 Å². The smallest absolute Gasteiger partial charge is 0.172 e. The summed E-state index contributed by atoms with van der Waals surface area (Å²) in [4.78, 5) is 35.2. The van der Waals surface area contributed by atoms with Crippen LogP contribution in [0.2, 0.25) is 0 Å². The molecule has 0 N–H and O–H groups in total. The molecule has 2 atom stereocenters. The molecule has 2 unspecified atom stereocenters. The lowest BCUT2D eigenvalue weighted by atomic mass is 9.62. The number of hydrogen-bond acceptors (Lipinski definition) is 3. The average Bonchev–Trinajstić information content (AvgIpc) is 2.29. The van der Waals surface area contributed by atoms with Crippen molar-refractivity contribution in [3.8, 4) is 0 Å². The number of Topliss-reactive ketones (excluding diaryl/α,β-unsaturated/α-hetero) is 2. The van der Waals surface area contributed by atoms with E-state index in [0.717, 1.165) is 30.3 Å². The van der Waals surface area contributed by atoms with Crippen LogP contribution < -0.4 is 0 Å². The van der Waals surface area contributed by atoms with E-state index in [1.807, 2.05) is 20.8 Å². The number of rotatable bonds is 4. The lowest BCUT2D eigenvalue weighted by molar-refractivity contribution is -0.138. The Morgan fingerprint density at radius 3 is 2.44 bits per heavy atom. The van der Waals surface area contributed by atoms with Crippen molar-refractivity contribution in [2.75, 3.05) is 0 Å². The second-order valence-electron chi connectivity index (χ2n) is 5.61. The summed E-state index contributed by atoms with van der Waals surface area (Å²) in [5.41, 5.74) is 0.793. The number of carbonyl (C=O) groups is 3. The van der Waals surface area contributed by atoms with E-state index in [1.54, 1.807) is 0 Å². The van der Waals surface area contributed by atoms with Crippen molar-refractivity contribution >= 4 is 17.9 Å². The standard InChI is InChI=1S/C15H22O3/c1-10(2)13-6-5-11(3)15(9-16,14(13)18)8-7-12(4)17/h9,11H,5-8H2,1-4H3. The third kappa shape index (κ3) is 2.60. The summed E-state index contributed by atoms with van der Waals surface area (Å²) in [6.07, 6.45) is 3.01. The maximum Gasteiger partial charge on any atom is 0.172 e. The molecule has 1 fully saturated rings. The zero-order valence-electron chi connectivity index (χ0n) is 11.7. The first kappa shape index (κ1) is 14.8. The highest BCUT2D eigenvalue weighted by Crippen LogP contribution is 2.43. The number of aldehydes is 1. The first-order valence-electron chi connectivity index (χ1n) is 6.52. The normalized spacial score (nSPS) is 28.1. The van der Waals surface area contributed by atoms with Crippen LogP contribution in [-0.2, 0) is 14.4 Å². The van der Waals surface area contributed by atoms with E-state index in [0.29, 0.717) is 12.8 Å². The van der Waals surface area contributed by atoms with Gasteiger partial charge in [0.15, 0.2) is 5.78 Å². The highest BCUT2D eigenvalue weighted by atomic mass is 16.1. The molecule has 0 radical (unpaired) electrons. The van der Waals surface area contributed by atoms with Gasteiger partial charge in [0, 0.05) is 6.42 Å². The van der Waals surface area contributed by atoms with E-state index >= 15 is 0 Å². The molecule has 0 aromatic heterocycles. The molecular weight excluding hydrogens is 228 g/mol. The van der Waals surface area contributed by atoms with Crippen molar-refractivity contribution in [2.24, 2.45) is 11.3 Å². The van der Waals surface area contributed by atoms with Crippen LogP contribution in [0.3, 0.4) is 0 Å². The van der Waals surface area contributed by atoms with Crippen LogP contribution in [0.1, 0.15) is 53.4 Å². The molecule has 0 saturated heterocycles. The van der Waals surface area contributed by atoms with Crippen molar-refractivity contribution in [3.05, 3.63) is 11.1 Å². The van der Waals surface area contributed by atoms with Crippen molar-refractivity contribution in [1.29, 1.82) is 0 Å². The molecule has 18 heavy (non-hydrogen) atoms. The average molecular weight is 250 g/mol. The third-order valence-corrected chi connectivity index (χ3v) is 4.11. The zero-order valence-corrected chi connectivity index (χ0v) is 11.7. The van der Waals surface area contributed by atoms with Gasteiger partial charge in [-0.1, -0.05) is 12.5 Å². The van der Waals surface area contributed by atoms with Gasteiger partial charge in [0.2, 0.25) is 0 Å². The van der Waals surface area contributed by atoms with Gasteiger partial charge in [0.25, 0.3) is 0 Å². The Hall–Kier alpha value is -1.25. The molecule has 1 saturated carbocycles. The third-order valence-electron chi connectivity index (χ3n) is 4.11. The monoisotopic (exact) mass is 250 g/mol. The quantitative estimate of drug-likeness (QED) is 0.438. The highest BCUT2D eigenvalue weighted by Gasteiger charge is 2.47. The molecule has 0 spiro atoms. The zero-order chi connectivity index (χ0) is 13.9. The van der Waals surface area contributed by atoms with Crippen molar-refractivity contribution < 1.29 is 14.4 Å². The fraction of sp³-hybridized carbons (Fsp3) is 0.667. The summed E-state index contributed by atoms with van der Waals surface area (Å²) in [5.74, 6) is -0.0111. The lowest BCUT2D eigenvalue weighted by Gasteiger charge is -2.38. The molecule has 0 aromatic carbocycles. The highest BCUT2D eigenvalue weighted by molar-refractivity contribution is 6.10. The Morgan fingerprint density at radius 2 is 2.00 bits per heavy atom. The van der Waals surface area contributed by atoms with Gasteiger partial charge in [-0.05, 0) is 51.5 Å². The fourth-order valence-corrected chi connectivity index (χ4v) is 2.69. The van der Waals surface area contributed by atoms with Crippen LogP contribution in [0, 0.1) is 11.3 Å². The second-order valence-corrected chi connectivity index (χ2v) is 5.61. The molecular formula is C15H22O3. The molecule has 0 aliphatic heterocycles. The van der Waals surface area contributed by atoms with Crippen LogP contribution in [-0.4, -0.2) is 17.9 Å².